The van der Waals surface area contributed by atoms with Gasteiger partial charge in [-0.1, -0.05) is 5.16 Å². The highest BCUT2D eigenvalue weighted by atomic mass is 16.6. The largest absolute Gasteiger partial charge is 0.390 e. The van der Waals surface area contributed by atoms with E-state index in [1.165, 1.54) is 31.4 Å². The van der Waals surface area contributed by atoms with E-state index in [2.05, 4.69) is 22.3 Å². The Balaban J connectivity index is 1.79. The molecule has 2 fully saturated rings. The molecule has 3 nitrogen and oxygen atoms in total. The Labute approximate surface area is 115 Å². The predicted octanol–water partition coefficient (Wildman–Crippen LogP) is 3.89. The molecule has 3 heteroatoms. The van der Waals surface area contributed by atoms with Gasteiger partial charge in [-0.25, -0.2) is 0 Å². The van der Waals surface area contributed by atoms with Gasteiger partial charge in [0.05, 0.1) is 5.71 Å². The van der Waals surface area contributed by atoms with Crippen LogP contribution in [-0.2, 0) is 4.84 Å². The van der Waals surface area contributed by atoms with Crippen molar-refractivity contribution in [1.29, 1.82) is 0 Å². The Morgan fingerprint density at radius 3 is 2.42 bits per heavy atom. The van der Waals surface area contributed by atoms with Crippen LogP contribution in [0.25, 0.3) is 0 Å². The average molecular weight is 258 g/mol. The van der Waals surface area contributed by atoms with Gasteiger partial charge in [-0.15, -0.1) is 0 Å². The van der Waals surface area contributed by atoms with Crippen LogP contribution in [0.4, 0.5) is 0 Å². The molecule has 1 aromatic rings. The van der Waals surface area contributed by atoms with E-state index in [9.17, 15) is 0 Å². The summed E-state index contributed by atoms with van der Waals surface area (Å²) in [4.78, 5) is 10.2. The number of nitrogens with zero attached hydrogens (tertiary/aromatic N) is 2. The molecule has 0 atom stereocenters. The fraction of sp³-hybridized carbons (Fsp3) is 0.625. The van der Waals surface area contributed by atoms with Crippen molar-refractivity contribution in [3.8, 4) is 0 Å². The highest BCUT2D eigenvalue weighted by Gasteiger charge is 2.31. The van der Waals surface area contributed by atoms with Gasteiger partial charge >= 0.3 is 0 Å². The maximum Gasteiger partial charge on any atom is 0.129 e. The normalized spacial score (nSPS) is 20.5. The van der Waals surface area contributed by atoms with Crippen molar-refractivity contribution in [2.24, 2.45) is 11.1 Å². The van der Waals surface area contributed by atoms with E-state index in [0.717, 1.165) is 11.3 Å². The molecule has 0 radical (unpaired) electrons. The smallest absolute Gasteiger partial charge is 0.129 e. The van der Waals surface area contributed by atoms with Crippen LogP contribution in [0.5, 0.6) is 0 Å². The zero-order valence-corrected chi connectivity index (χ0v) is 12.0. The third-order valence-corrected chi connectivity index (χ3v) is 3.46. The van der Waals surface area contributed by atoms with Gasteiger partial charge in [0.15, 0.2) is 0 Å². The molecule has 0 amide bonds. The van der Waals surface area contributed by atoms with Gasteiger partial charge < -0.3 is 4.84 Å². The van der Waals surface area contributed by atoms with Crippen LogP contribution in [0.2, 0.25) is 0 Å². The molecule has 0 spiro atoms. The maximum absolute atomic E-state index is 5.60. The third-order valence-electron chi connectivity index (χ3n) is 3.46. The van der Waals surface area contributed by atoms with Crippen LogP contribution < -0.4 is 0 Å². The molecule has 1 heterocycles. The lowest BCUT2D eigenvalue weighted by molar-refractivity contribution is 0.000566. The summed E-state index contributed by atoms with van der Waals surface area (Å²) in [6.45, 7) is 6.07. The fourth-order valence-electron chi connectivity index (χ4n) is 2.08. The minimum absolute atomic E-state index is 0.235. The molecule has 2 aliphatic carbocycles. The molecule has 2 saturated carbocycles. The van der Waals surface area contributed by atoms with Crippen molar-refractivity contribution in [1.82, 2.24) is 4.98 Å². The van der Waals surface area contributed by atoms with E-state index in [1.54, 1.807) is 0 Å². The van der Waals surface area contributed by atoms with Gasteiger partial charge in [0.2, 0.25) is 0 Å². The fourth-order valence-corrected chi connectivity index (χ4v) is 2.08. The quantitative estimate of drug-likeness (QED) is 0.606. The first-order chi connectivity index (χ1) is 9.03. The van der Waals surface area contributed by atoms with Gasteiger partial charge in [0.25, 0.3) is 0 Å². The number of oxime groups is 1. The topological polar surface area (TPSA) is 34.5 Å². The van der Waals surface area contributed by atoms with Crippen molar-refractivity contribution in [3.63, 3.8) is 0 Å². The Hall–Kier alpha value is -1.38. The van der Waals surface area contributed by atoms with E-state index in [1.807, 2.05) is 27.0 Å². The van der Waals surface area contributed by atoms with Crippen molar-refractivity contribution >= 4 is 5.71 Å². The summed E-state index contributed by atoms with van der Waals surface area (Å²) < 4.78 is 0. The highest BCUT2D eigenvalue weighted by molar-refractivity contribution is 6.03. The van der Waals surface area contributed by atoms with Crippen LogP contribution in [0.3, 0.4) is 0 Å². The maximum atomic E-state index is 5.60. The lowest BCUT2D eigenvalue weighted by Crippen LogP contribution is -2.18. The standard InChI is InChI=1S/C16H22N2O/c1-16(2,3)19-18-15(12-6-7-12)13-8-9-14(17-10-13)11-4-5-11/h8-12H,4-7H2,1-3H3/b18-15-. The molecule has 19 heavy (non-hydrogen) atoms. The van der Waals surface area contributed by atoms with E-state index in [0.29, 0.717) is 11.8 Å². The number of hydrogen-bond acceptors (Lipinski definition) is 3. The summed E-state index contributed by atoms with van der Waals surface area (Å²) in [7, 11) is 0. The third kappa shape index (κ3) is 3.34. The Kier molecular flexibility index (Phi) is 3.08. The first kappa shape index (κ1) is 12.6. The first-order valence-corrected chi connectivity index (χ1v) is 7.25. The molecule has 2 aliphatic rings. The Morgan fingerprint density at radius 2 is 1.95 bits per heavy atom. The molecular formula is C16H22N2O. The molecule has 0 aromatic carbocycles. The van der Waals surface area contributed by atoms with Gasteiger partial charge in [-0.3, -0.25) is 4.98 Å². The second-order valence-electron chi connectivity index (χ2n) is 6.70. The van der Waals surface area contributed by atoms with E-state index in [4.69, 9.17) is 4.84 Å². The molecule has 0 aliphatic heterocycles. The van der Waals surface area contributed by atoms with Crippen LogP contribution in [0, 0.1) is 5.92 Å². The molecule has 3 rings (SSSR count). The summed E-state index contributed by atoms with van der Waals surface area (Å²) >= 11 is 0. The van der Waals surface area contributed by atoms with Crippen molar-refractivity contribution in [3.05, 3.63) is 29.6 Å². The number of pyridine rings is 1. The molecular weight excluding hydrogens is 236 g/mol. The second kappa shape index (κ2) is 4.62. The van der Waals surface area contributed by atoms with Crippen LogP contribution in [-0.4, -0.2) is 16.3 Å². The van der Waals surface area contributed by atoms with Gasteiger partial charge in [0.1, 0.15) is 5.60 Å². The molecule has 102 valence electrons. The monoisotopic (exact) mass is 258 g/mol. The molecule has 0 saturated heterocycles. The van der Waals surface area contributed by atoms with Crippen molar-refractivity contribution in [2.45, 2.75) is 58.0 Å². The van der Waals surface area contributed by atoms with Gasteiger partial charge in [-0.2, -0.15) is 0 Å². The lowest BCUT2D eigenvalue weighted by atomic mass is 10.1. The van der Waals surface area contributed by atoms with E-state index >= 15 is 0 Å². The number of hydrogen-bond donors (Lipinski definition) is 0. The lowest BCUT2D eigenvalue weighted by Gasteiger charge is -2.17. The Bertz CT molecular complexity index is 476. The van der Waals surface area contributed by atoms with Crippen LogP contribution in [0.15, 0.2) is 23.5 Å². The summed E-state index contributed by atoms with van der Waals surface area (Å²) in [6.07, 6.45) is 7.00. The highest BCUT2D eigenvalue weighted by Crippen LogP contribution is 2.39. The minimum Gasteiger partial charge on any atom is -0.390 e. The average Bonchev–Trinajstić information content (AvgIpc) is 3.22. The minimum atomic E-state index is -0.235. The Morgan fingerprint density at radius 1 is 1.21 bits per heavy atom. The number of aromatic nitrogens is 1. The first-order valence-electron chi connectivity index (χ1n) is 7.25. The molecule has 1 aromatic heterocycles. The van der Waals surface area contributed by atoms with E-state index < -0.39 is 0 Å². The summed E-state index contributed by atoms with van der Waals surface area (Å²) in [5.74, 6) is 1.28. The van der Waals surface area contributed by atoms with Crippen molar-refractivity contribution < 1.29 is 4.84 Å². The van der Waals surface area contributed by atoms with Crippen LogP contribution in [0.1, 0.15) is 63.6 Å². The second-order valence-corrected chi connectivity index (χ2v) is 6.70. The zero-order chi connectivity index (χ0) is 13.5. The molecule has 0 unspecified atom stereocenters. The molecule has 0 bridgehead atoms. The molecule has 0 N–H and O–H groups in total. The van der Waals surface area contributed by atoms with Gasteiger partial charge in [0, 0.05) is 29.3 Å². The summed E-state index contributed by atoms with van der Waals surface area (Å²) in [6, 6.07) is 4.31. The summed E-state index contributed by atoms with van der Waals surface area (Å²) in [5, 5.41) is 4.39. The van der Waals surface area contributed by atoms with E-state index in [-0.39, 0.29) is 5.60 Å². The van der Waals surface area contributed by atoms with Crippen LogP contribution >= 0.6 is 0 Å². The van der Waals surface area contributed by atoms with Gasteiger partial charge in [-0.05, 0) is 58.6 Å². The predicted molar refractivity (Wildman–Crippen MR) is 76.3 cm³/mol. The van der Waals surface area contributed by atoms with Crippen molar-refractivity contribution in [2.75, 3.05) is 0 Å². The number of rotatable bonds is 4. The zero-order valence-electron chi connectivity index (χ0n) is 12.0. The summed E-state index contributed by atoms with van der Waals surface area (Å²) in [5.41, 5.74) is 3.19. The SMILES string of the molecule is CC(C)(C)O/N=C(\c1ccc(C2CC2)nc1)C1CC1.